The van der Waals surface area contributed by atoms with Gasteiger partial charge < -0.3 is 9.67 Å². The lowest BCUT2D eigenvalue weighted by molar-refractivity contribution is 0.0747. The number of halogens is 1. The van der Waals surface area contributed by atoms with Crippen molar-refractivity contribution < 1.29 is 9.90 Å². The third kappa shape index (κ3) is 3.31. The number of fused-ring (bicyclic) bond motifs is 1. The van der Waals surface area contributed by atoms with Gasteiger partial charge in [0.15, 0.2) is 5.78 Å². The van der Waals surface area contributed by atoms with Crippen molar-refractivity contribution in [2.45, 2.75) is 13.0 Å². The van der Waals surface area contributed by atoms with Gasteiger partial charge in [0.25, 0.3) is 0 Å². The molecular formula is C22H17BrN2O2. The maximum absolute atomic E-state index is 12.6. The Morgan fingerprint density at radius 1 is 1.07 bits per heavy atom. The summed E-state index contributed by atoms with van der Waals surface area (Å²) in [4.78, 5) is 17.0. The number of hydrogen-bond donors (Lipinski definition) is 1. The van der Waals surface area contributed by atoms with Crippen molar-refractivity contribution in [1.82, 2.24) is 9.55 Å². The van der Waals surface area contributed by atoms with Crippen molar-refractivity contribution in [3.8, 4) is 5.69 Å². The SMILES string of the molecule is Cc1cc2ncc(Br)cc2n1-c1ccc(C(=O)C(O)c2ccccc2)cc1. The van der Waals surface area contributed by atoms with E-state index in [4.69, 9.17) is 0 Å². The number of rotatable bonds is 4. The smallest absolute Gasteiger partial charge is 0.195 e. The Morgan fingerprint density at radius 3 is 2.48 bits per heavy atom. The van der Waals surface area contributed by atoms with Gasteiger partial charge in [-0.25, -0.2) is 0 Å². The Kier molecular flexibility index (Phi) is 4.64. The van der Waals surface area contributed by atoms with Crippen LogP contribution in [0.4, 0.5) is 0 Å². The molecule has 0 bridgehead atoms. The fraction of sp³-hybridized carbons (Fsp3) is 0.0909. The van der Waals surface area contributed by atoms with E-state index in [-0.39, 0.29) is 5.78 Å². The highest BCUT2D eigenvalue weighted by molar-refractivity contribution is 9.10. The molecule has 0 saturated heterocycles. The van der Waals surface area contributed by atoms with Gasteiger partial charge in [0.2, 0.25) is 0 Å². The minimum absolute atomic E-state index is 0.314. The van der Waals surface area contributed by atoms with Gasteiger partial charge in [0.1, 0.15) is 6.10 Å². The van der Waals surface area contributed by atoms with Gasteiger partial charge >= 0.3 is 0 Å². The van der Waals surface area contributed by atoms with E-state index in [1.165, 1.54) is 0 Å². The van der Waals surface area contributed by atoms with Gasteiger partial charge in [0.05, 0.1) is 11.0 Å². The molecule has 27 heavy (non-hydrogen) atoms. The molecule has 1 atom stereocenters. The Balaban J connectivity index is 1.68. The number of hydrogen-bond acceptors (Lipinski definition) is 3. The minimum atomic E-state index is -1.16. The lowest BCUT2D eigenvalue weighted by atomic mass is 10.00. The number of benzene rings is 2. The third-order valence-corrected chi connectivity index (χ3v) is 5.01. The number of carbonyl (C=O) groups is 1. The van der Waals surface area contributed by atoms with Crippen molar-refractivity contribution >= 4 is 32.7 Å². The molecule has 1 N–H and O–H groups in total. The van der Waals surface area contributed by atoms with E-state index in [2.05, 4.69) is 25.5 Å². The summed E-state index contributed by atoms with van der Waals surface area (Å²) in [6.45, 7) is 2.02. The molecule has 4 nitrogen and oxygen atoms in total. The molecule has 134 valence electrons. The first kappa shape index (κ1) is 17.6. The van der Waals surface area contributed by atoms with Crippen LogP contribution in [0.1, 0.15) is 27.7 Å². The highest BCUT2D eigenvalue weighted by Crippen LogP contribution is 2.26. The fourth-order valence-corrected chi connectivity index (χ4v) is 3.56. The van der Waals surface area contributed by atoms with Gasteiger partial charge in [0, 0.05) is 27.6 Å². The molecule has 0 saturated carbocycles. The van der Waals surface area contributed by atoms with Crippen LogP contribution >= 0.6 is 15.9 Å². The fourth-order valence-electron chi connectivity index (χ4n) is 3.24. The highest BCUT2D eigenvalue weighted by Gasteiger charge is 2.19. The first-order valence-corrected chi connectivity index (χ1v) is 9.35. The van der Waals surface area contributed by atoms with Gasteiger partial charge in [-0.15, -0.1) is 0 Å². The number of pyridine rings is 1. The zero-order valence-electron chi connectivity index (χ0n) is 14.6. The highest BCUT2D eigenvalue weighted by atomic mass is 79.9. The van der Waals surface area contributed by atoms with Gasteiger partial charge in [-0.05, 0) is 64.8 Å². The maximum atomic E-state index is 12.6. The van der Waals surface area contributed by atoms with E-state index >= 15 is 0 Å². The molecule has 0 aliphatic rings. The van der Waals surface area contributed by atoms with Crippen molar-refractivity contribution in [3.05, 3.63) is 94.2 Å². The molecule has 0 aliphatic carbocycles. The summed E-state index contributed by atoms with van der Waals surface area (Å²) in [6.07, 6.45) is 0.616. The number of aromatic nitrogens is 2. The molecule has 2 heterocycles. The second-order valence-electron chi connectivity index (χ2n) is 6.40. The normalized spacial score (nSPS) is 12.3. The van der Waals surface area contributed by atoms with Gasteiger partial charge in [-0.2, -0.15) is 0 Å². The first-order chi connectivity index (χ1) is 13.0. The van der Waals surface area contributed by atoms with Crippen molar-refractivity contribution in [1.29, 1.82) is 0 Å². The zero-order valence-corrected chi connectivity index (χ0v) is 16.2. The van der Waals surface area contributed by atoms with E-state index in [1.54, 1.807) is 42.6 Å². The molecule has 0 radical (unpaired) electrons. The number of ketones is 1. The summed E-state index contributed by atoms with van der Waals surface area (Å²) in [5.41, 5.74) is 4.96. The van der Waals surface area contributed by atoms with Gasteiger partial charge in [-0.1, -0.05) is 30.3 Å². The van der Waals surface area contributed by atoms with Crippen LogP contribution in [-0.4, -0.2) is 20.4 Å². The molecule has 0 spiro atoms. The minimum Gasteiger partial charge on any atom is -0.380 e. The zero-order chi connectivity index (χ0) is 19.0. The Bertz CT molecular complexity index is 1120. The summed E-state index contributed by atoms with van der Waals surface area (Å²) in [5, 5.41) is 10.3. The molecule has 0 fully saturated rings. The maximum Gasteiger partial charge on any atom is 0.195 e. The number of carbonyl (C=O) groups excluding carboxylic acids is 1. The van der Waals surface area contributed by atoms with Crippen LogP contribution in [0.2, 0.25) is 0 Å². The third-order valence-electron chi connectivity index (χ3n) is 4.58. The lowest BCUT2D eigenvalue weighted by Crippen LogP contribution is -2.12. The van der Waals surface area contributed by atoms with E-state index in [0.29, 0.717) is 11.1 Å². The molecule has 0 aliphatic heterocycles. The van der Waals surface area contributed by atoms with Crippen molar-refractivity contribution in [2.24, 2.45) is 0 Å². The summed E-state index contributed by atoms with van der Waals surface area (Å²) in [7, 11) is 0. The van der Waals surface area contributed by atoms with Crippen LogP contribution in [0, 0.1) is 6.92 Å². The second kappa shape index (κ2) is 7.10. The van der Waals surface area contributed by atoms with Crippen LogP contribution in [0.25, 0.3) is 16.7 Å². The molecule has 2 aromatic carbocycles. The Labute approximate surface area is 165 Å². The van der Waals surface area contributed by atoms with Crippen molar-refractivity contribution in [3.63, 3.8) is 0 Å². The monoisotopic (exact) mass is 420 g/mol. The molecule has 2 aromatic heterocycles. The largest absolute Gasteiger partial charge is 0.380 e. The van der Waals surface area contributed by atoms with E-state index in [0.717, 1.165) is 26.9 Å². The summed E-state index contributed by atoms with van der Waals surface area (Å²) in [6, 6.07) is 20.3. The van der Waals surface area contributed by atoms with Crippen LogP contribution < -0.4 is 0 Å². The Morgan fingerprint density at radius 2 is 1.78 bits per heavy atom. The summed E-state index contributed by atoms with van der Waals surface area (Å²) < 4.78 is 3.00. The second-order valence-corrected chi connectivity index (χ2v) is 7.32. The summed E-state index contributed by atoms with van der Waals surface area (Å²) >= 11 is 3.47. The molecular weight excluding hydrogens is 404 g/mol. The lowest BCUT2D eigenvalue weighted by Gasteiger charge is -2.12. The molecule has 0 amide bonds. The standard InChI is InChI=1S/C22H17BrN2O2/c1-14-11-19-20(12-17(23)13-24-19)25(14)18-9-7-16(8-10-18)22(27)21(26)15-5-3-2-4-6-15/h2-13,21,26H,1H3. The average molecular weight is 421 g/mol. The number of aliphatic hydroxyl groups excluding tert-OH is 1. The van der Waals surface area contributed by atoms with Gasteiger partial charge in [-0.3, -0.25) is 9.78 Å². The van der Waals surface area contributed by atoms with E-state index in [9.17, 15) is 9.90 Å². The number of nitrogens with zero attached hydrogens (tertiary/aromatic N) is 2. The predicted octanol–water partition coefficient (Wildman–Crippen LogP) is 5.01. The van der Waals surface area contributed by atoms with Crippen molar-refractivity contribution in [2.75, 3.05) is 0 Å². The van der Waals surface area contributed by atoms with Crippen LogP contribution in [-0.2, 0) is 0 Å². The Hall–Kier alpha value is -2.76. The molecule has 5 heteroatoms. The quantitative estimate of drug-likeness (QED) is 0.471. The summed E-state index contributed by atoms with van der Waals surface area (Å²) in [5.74, 6) is -0.314. The number of aliphatic hydroxyl groups is 1. The number of Topliss-reactive ketones (excluding diaryl/α,β-unsaturated/α-hetero) is 1. The number of aryl methyl sites for hydroxylation is 1. The van der Waals surface area contributed by atoms with E-state index < -0.39 is 6.10 Å². The van der Waals surface area contributed by atoms with Crippen LogP contribution in [0.15, 0.2) is 77.4 Å². The molecule has 1 unspecified atom stereocenters. The van der Waals surface area contributed by atoms with Crippen LogP contribution in [0.5, 0.6) is 0 Å². The molecule has 4 aromatic rings. The van der Waals surface area contributed by atoms with E-state index in [1.807, 2.05) is 37.3 Å². The first-order valence-electron chi connectivity index (χ1n) is 8.56. The average Bonchev–Trinajstić information content (AvgIpc) is 3.02. The van der Waals surface area contributed by atoms with Crippen LogP contribution in [0.3, 0.4) is 0 Å². The topological polar surface area (TPSA) is 55.1 Å². The molecule has 4 rings (SSSR count). The predicted molar refractivity (Wildman–Crippen MR) is 109 cm³/mol.